The van der Waals surface area contributed by atoms with Gasteiger partial charge in [0.05, 0.1) is 10.5 Å². The quantitative estimate of drug-likeness (QED) is 0.419. The molecular formula is C24H18F2N2O5S. The van der Waals surface area contributed by atoms with Crippen molar-refractivity contribution in [1.29, 1.82) is 0 Å². The number of fused-ring (bicyclic) bond motifs is 1. The molecule has 0 aliphatic carbocycles. The Hall–Kier alpha value is -3.92. The zero-order chi connectivity index (χ0) is 23.7. The minimum absolute atomic E-state index is 0.0101. The van der Waals surface area contributed by atoms with E-state index < -0.39 is 26.5 Å². The van der Waals surface area contributed by atoms with Crippen LogP contribution in [0.2, 0.25) is 0 Å². The lowest BCUT2D eigenvalue weighted by molar-refractivity contribution is 0.171. The second-order valence-electron chi connectivity index (χ2n) is 7.42. The van der Waals surface area contributed by atoms with E-state index >= 15 is 0 Å². The predicted molar refractivity (Wildman–Crippen MR) is 119 cm³/mol. The van der Waals surface area contributed by atoms with Gasteiger partial charge >= 0.3 is 0 Å². The van der Waals surface area contributed by atoms with E-state index in [1.165, 1.54) is 48.5 Å². The number of halogens is 2. The van der Waals surface area contributed by atoms with Crippen LogP contribution in [0.4, 0.5) is 14.7 Å². The second-order valence-corrected chi connectivity index (χ2v) is 9.29. The minimum Gasteiger partial charge on any atom is -0.486 e. The Morgan fingerprint density at radius 2 is 1.65 bits per heavy atom. The largest absolute Gasteiger partial charge is 0.486 e. The number of nitrogens with one attached hydrogen (secondary N) is 1. The summed E-state index contributed by atoms with van der Waals surface area (Å²) in [6, 6.07) is 15.7. The van der Waals surface area contributed by atoms with E-state index in [1.807, 2.05) is 0 Å². The standard InChI is InChI=1S/C24H18F2N2O5S/c25-16-7-5-15(6-8-16)14-27-23-24(28-22(33-23)18-3-1-2-4-19(18)26)34(29,30)17-9-10-20-21(13-17)32-12-11-31-20/h1-10,13,27H,11-12,14H2. The smallest absolute Gasteiger partial charge is 0.234 e. The van der Waals surface area contributed by atoms with Crippen LogP contribution >= 0.6 is 0 Å². The van der Waals surface area contributed by atoms with Gasteiger partial charge in [-0.05, 0) is 42.0 Å². The Kier molecular flexibility index (Phi) is 5.66. The predicted octanol–water partition coefficient (Wildman–Crippen LogP) is 4.84. The number of nitrogens with zero attached hydrogens (tertiary/aromatic N) is 1. The third-order valence-electron chi connectivity index (χ3n) is 5.15. The summed E-state index contributed by atoms with van der Waals surface area (Å²) in [5.74, 6) is -0.643. The van der Waals surface area contributed by atoms with Crippen LogP contribution in [-0.2, 0) is 16.4 Å². The van der Waals surface area contributed by atoms with Gasteiger partial charge in [-0.1, -0.05) is 24.3 Å². The van der Waals surface area contributed by atoms with Crippen molar-refractivity contribution in [1.82, 2.24) is 4.98 Å². The molecule has 5 rings (SSSR count). The molecule has 3 aromatic carbocycles. The van der Waals surface area contributed by atoms with Gasteiger partial charge in [0.15, 0.2) is 11.5 Å². The van der Waals surface area contributed by atoms with Crippen molar-refractivity contribution < 1.29 is 31.1 Å². The summed E-state index contributed by atoms with van der Waals surface area (Å²) in [7, 11) is -4.20. The molecule has 0 fully saturated rings. The number of sulfone groups is 1. The molecule has 0 spiro atoms. The Balaban J connectivity index is 1.56. The summed E-state index contributed by atoms with van der Waals surface area (Å²) >= 11 is 0. The van der Waals surface area contributed by atoms with Gasteiger partial charge in [-0.3, -0.25) is 0 Å². The van der Waals surface area contributed by atoms with Crippen LogP contribution in [0.5, 0.6) is 11.5 Å². The minimum atomic E-state index is -4.20. The molecule has 0 saturated heterocycles. The number of ether oxygens (including phenoxy) is 2. The van der Waals surface area contributed by atoms with E-state index in [1.54, 1.807) is 18.2 Å². The molecule has 0 unspecified atom stereocenters. The fourth-order valence-corrected chi connectivity index (χ4v) is 4.73. The number of benzene rings is 3. The maximum atomic E-state index is 14.4. The maximum Gasteiger partial charge on any atom is 0.234 e. The Morgan fingerprint density at radius 1 is 0.912 bits per heavy atom. The summed E-state index contributed by atoms with van der Waals surface area (Å²) in [4.78, 5) is 4.05. The third kappa shape index (κ3) is 4.19. The number of hydrogen-bond donors (Lipinski definition) is 1. The van der Waals surface area contributed by atoms with Crippen LogP contribution < -0.4 is 14.8 Å². The number of hydrogen-bond acceptors (Lipinski definition) is 7. The Labute approximate surface area is 193 Å². The average Bonchev–Trinajstić information content (AvgIpc) is 3.28. The van der Waals surface area contributed by atoms with Crippen molar-refractivity contribution in [3.8, 4) is 23.0 Å². The SMILES string of the molecule is O=S(=O)(c1ccc2c(c1)OCCO2)c1nc(-c2ccccc2F)oc1NCc1ccc(F)cc1. The van der Waals surface area contributed by atoms with E-state index in [0.29, 0.717) is 30.3 Å². The van der Waals surface area contributed by atoms with Crippen molar-refractivity contribution in [3.63, 3.8) is 0 Å². The summed E-state index contributed by atoms with van der Waals surface area (Å²) in [5.41, 5.74) is 0.684. The molecule has 4 aromatic rings. The first-order valence-electron chi connectivity index (χ1n) is 10.3. The highest BCUT2D eigenvalue weighted by Gasteiger charge is 2.30. The Bertz CT molecular complexity index is 1450. The number of anilines is 1. The molecule has 7 nitrogen and oxygen atoms in total. The van der Waals surface area contributed by atoms with Crippen LogP contribution in [0.25, 0.3) is 11.5 Å². The van der Waals surface area contributed by atoms with Crippen molar-refractivity contribution in [3.05, 3.63) is 83.9 Å². The second kappa shape index (κ2) is 8.79. The highest BCUT2D eigenvalue weighted by Crippen LogP contribution is 2.37. The lowest BCUT2D eigenvalue weighted by atomic mass is 10.2. The van der Waals surface area contributed by atoms with Gasteiger partial charge in [-0.15, -0.1) is 0 Å². The molecule has 1 aromatic heterocycles. The fourth-order valence-electron chi connectivity index (χ4n) is 3.44. The van der Waals surface area contributed by atoms with Crippen molar-refractivity contribution in [2.24, 2.45) is 0 Å². The van der Waals surface area contributed by atoms with Gasteiger partial charge in [0.2, 0.25) is 26.6 Å². The number of oxazole rings is 1. The summed E-state index contributed by atoms with van der Waals surface area (Å²) in [6.45, 7) is 0.782. The monoisotopic (exact) mass is 484 g/mol. The first-order chi connectivity index (χ1) is 16.4. The third-order valence-corrected chi connectivity index (χ3v) is 6.81. The van der Waals surface area contributed by atoms with E-state index in [2.05, 4.69) is 10.3 Å². The van der Waals surface area contributed by atoms with Crippen molar-refractivity contribution in [2.75, 3.05) is 18.5 Å². The molecule has 0 saturated carbocycles. The molecule has 10 heteroatoms. The van der Waals surface area contributed by atoms with E-state index in [-0.39, 0.29) is 28.8 Å². The van der Waals surface area contributed by atoms with Crippen molar-refractivity contribution in [2.45, 2.75) is 16.5 Å². The zero-order valence-electron chi connectivity index (χ0n) is 17.6. The molecule has 2 heterocycles. The molecule has 1 N–H and O–H groups in total. The molecule has 0 bridgehead atoms. The molecule has 0 atom stereocenters. The molecule has 34 heavy (non-hydrogen) atoms. The van der Waals surface area contributed by atoms with Gasteiger partial charge < -0.3 is 19.2 Å². The zero-order valence-corrected chi connectivity index (χ0v) is 18.4. The molecule has 1 aliphatic rings. The summed E-state index contributed by atoms with van der Waals surface area (Å²) < 4.78 is 71.3. The van der Waals surface area contributed by atoms with Crippen molar-refractivity contribution >= 4 is 15.7 Å². The van der Waals surface area contributed by atoms with Crippen LogP contribution in [0.1, 0.15) is 5.56 Å². The first-order valence-corrected chi connectivity index (χ1v) is 11.8. The van der Waals surface area contributed by atoms with Gasteiger partial charge in [0, 0.05) is 12.6 Å². The van der Waals surface area contributed by atoms with Gasteiger partial charge in [0.25, 0.3) is 0 Å². The molecule has 174 valence electrons. The topological polar surface area (TPSA) is 90.7 Å². The molecule has 0 radical (unpaired) electrons. The average molecular weight is 484 g/mol. The summed E-state index contributed by atoms with van der Waals surface area (Å²) in [5, 5.41) is 2.48. The van der Waals surface area contributed by atoms with E-state index in [0.717, 1.165) is 0 Å². The summed E-state index contributed by atoms with van der Waals surface area (Å²) in [6.07, 6.45) is 0. The fraction of sp³-hybridized carbons (Fsp3) is 0.125. The van der Waals surface area contributed by atoms with E-state index in [4.69, 9.17) is 13.9 Å². The highest BCUT2D eigenvalue weighted by molar-refractivity contribution is 7.91. The normalized spacial score (nSPS) is 13.0. The van der Waals surface area contributed by atoms with Gasteiger partial charge in [0.1, 0.15) is 24.8 Å². The lowest BCUT2D eigenvalue weighted by Crippen LogP contribution is -2.16. The maximum absolute atomic E-state index is 14.4. The van der Waals surface area contributed by atoms with Crippen LogP contribution in [0.3, 0.4) is 0 Å². The van der Waals surface area contributed by atoms with E-state index in [9.17, 15) is 17.2 Å². The molecular weight excluding hydrogens is 466 g/mol. The van der Waals surface area contributed by atoms with Crippen LogP contribution in [0, 0.1) is 11.6 Å². The van der Waals surface area contributed by atoms with Gasteiger partial charge in [-0.25, -0.2) is 17.2 Å². The Morgan fingerprint density at radius 3 is 2.41 bits per heavy atom. The number of rotatable bonds is 6. The van der Waals surface area contributed by atoms with Crippen LogP contribution in [-0.4, -0.2) is 26.6 Å². The van der Waals surface area contributed by atoms with Crippen LogP contribution in [0.15, 0.2) is 81.1 Å². The highest BCUT2D eigenvalue weighted by atomic mass is 32.2. The molecule has 1 aliphatic heterocycles. The number of aromatic nitrogens is 1. The first kappa shape index (κ1) is 21.9. The lowest BCUT2D eigenvalue weighted by Gasteiger charge is -2.18. The molecule has 0 amide bonds. The van der Waals surface area contributed by atoms with Gasteiger partial charge in [-0.2, -0.15) is 4.98 Å².